The van der Waals surface area contributed by atoms with E-state index in [2.05, 4.69) is 94.4 Å². The Morgan fingerprint density at radius 3 is 2.13 bits per heavy atom. The first-order chi connectivity index (χ1) is 14.3. The molecule has 0 saturated heterocycles. The quantitative estimate of drug-likeness (QED) is 0.319. The third-order valence-corrected chi connectivity index (χ3v) is 11.1. The maximum atomic E-state index is 6.72. The molecule has 0 spiro atoms. The summed E-state index contributed by atoms with van der Waals surface area (Å²) in [4.78, 5) is 0. The zero-order valence-electron chi connectivity index (χ0n) is 18.0. The Bertz CT molecular complexity index is 1080. The van der Waals surface area contributed by atoms with E-state index in [1.165, 1.54) is 50.1 Å². The molecule has 30 heavy (non-hydrogen) atoms. The van der Waals surface area contributed by atoms with Crippen LogP contribution in [-0.2, 0) is 19.4 Å². The fraction of sp³-hybridized carbons (Fsp3) is 0.259. The van der Waals surface area contributed by atoms with Crippen molar-refractivity contribution in [2.24, 2.45) is 5.92 Å². The van der Waals surface area contributed by atoms with Gasteiger partial charge in [0.15, 0.2) is 0 Å². The zero-order chi connectivity index (χ0) is 21.4. The molecule has 0 radical (unpaired) electrons. The molecular formula is C27H27Cl2Zr. The summed E-state index contributed by atoms with van der Waals surface area (Å²) in [6, 6.07) is 22.1. The van der Waals surface area contributed by atoms with Crippen LogP contribution < -0.4 is 0 Å². The SMILES string of the molecule is Cc1cc(C)cc(-c2c(-c3ccccc3)ccc3c2C=C(CC(C)C)[CH]3[Zr]([Cl])[Cl])c1. The molecule has 3 aromatic rings. The Balaban J connectivity index is 2.02. The number of rotatable bonds is 5. The van der Waals surface area contributed by atoms with Gasteiger partial charge in [0.25, 0.3) is 0 Å². The molecule has 0 fully saturated rings. The van der Waals surface area contributed by atoms with Gasteiger partial charge in [0.1, 0.15) is 0 Å². The molecule has 0 N–H and O–H groups in total. The van der Waals surface area contributed by atoms with Crippen LogP contribution in [-0.4, -0.2) is 0 Å². The van der Waals surface area contributed by atoms with Gasteiger partial charge in [0.05, 0.1) is 0 Å². The summed E-state index contributed by atoms with van der Waals surface area (Å²) in [5.41, 5.74) is 11.8. The van der Waals surface area contributed by atoms with Gasteiger partial charge in [-0.2, -0.15) is 0 Å². The molecule has 1 aliphatic rings. The van der Waals surface area contributed by atoms with Crippen molar-refractivity contribution in [3.05, 3.63) is 88.5 Å². The average Bonchev–Trinajstić information content (AvgIpc) is 3.04. The van der Waals surface area contributed by atoms with Gasteiger partial charge >= 0.3 is 197 Å². The fourth-order valence-corrected chi connectivity index (χ4v) is 10.1. The van der Waals surface area contributed by atoms with E-state index in [1.807, 2.05) is 0 Å². The number of halogens is 2. The summed E-state index contributed by atoms with van der Waals surface area (Å²) in [5.74, 6) is 0.586. The van der Waals surface area contributed by atoms with Crippen LogP contribution in [0, 0.1) is 19.8 Å². The van der Waals surface area contributed by atoms with Crippen molar-refractivity contribution in [1.82, 2.24) is 0 Å². The van der Waals surface area contributed by atoms with E-state index >= 15 is 0 Å². The van der Waals surface area contributed by atoms with E-state index in [4.69, 9.17) is 17.0 Å². The third kappa shape index (κ3) is 4.41. The van der Waals surface area contributed by atoms with Crippen LogP contribution in [0.5, 0.6) is 0 Å². The van der Waals surface area contributed by atoms with Crippen LogP contribution in [0.2, 0.25) is 0 Å². The van der Waals surface area contributed by atoms with E-state index in [-0.39, 0.29) is 3.63 Å². The number of benzene rings is 3. The Kier molecular flexibility index (Phi) is 6.74. The standard InChI is InChI=1S/C27H27.2ClH.Zr/c1-18(2)12-21-16-23-10-11-25(22-8-6-5-7-9-22)27(26(23)17-21)24-14-19(3)13-20(4)15-24;;;/h5-11,13-18H,12H2,1-4H3;2*1H;/q;;;+2/p-2. The fourth-order valence-electron chi connectivity index (χ4n) is 4.71. The van der Waals surface area contributed by atoms with Crippen LogP contribution in [0.4, 0.5) is 0 Å². The Labute approximate surface area is 195 Å². The van der Waals surface area contributed by atoms with E-state index in [1.54, 1.807) is 0 Å². The van der Waals surface area contributed by atoms with Gasteiger partial charge in [-0.05, 0) is 0 Å². The van der Waals surface area contributed by atoms with Gasteiger partial charge in [-0.3, -0.25) is 0 Å². The number of hydrogen-bond acceptors (Lipinski definition) is 0. The van der Waals surface area contributed by atoms with Crippen molar-refractivity contribution in [1.29, 1.82) is 0 Å². The first-order valence-corrected chi connectivity index (χ1v) is 18.3. The number of fused-ring (bicyclic) bond motifs is 1. The van der Waals surface area contributed by atoms with Crippen LogP contribution in [0.3, 0.4) is 0 Å². The number of hydrogen-bond donors (Lipinski definition) is 0. The maximum absolute atomic E-state index is 6.72. The summed E-state index contributed by atoms with van der Waals surface area (Å²) >= 11 is -2.54. The van der Waals surface area contributed by atoms with Crippen LogP contribution in [0.15, 0.2) is 66.2 Å². The van der Waals surface area contributed by atoms with Crippen LogP contribution in [0.25, 0.3) is 28.3 Å². The molecule has 1 unspecified atom stereocenters. The summed E-state index contributed by atoms with van der Waals surface area (Å²) in [6.45, 7) is 8.89. The van der Waals surface area contributed by atoms with Crippen LogP contribution >= 0.6 is 17.0 Å². The predicted octanol–water partition coefficient (Wildman–Crippen LogP) is 9.05. The van der Waals surface area contributed by atoms with Gasteiger partial charge < -0.3 is 0 Å². The summed E-state index contributed by atoms with van der Waals surface area (Å²) in [6.07, 6.45) is 3.46. The van der Waals surface area contributed by atoms with E-state index < -0.39 is 19.4 Å². The molecule has 1 atom stereocenters. The molecule has 1 aliphatic carbocycles. The third-order valence-electron chi connectivity index (χ3n) is 5.75. The minimum absolute atomic E-state index is 0.252. The Morgan fingerprint density at radius 1 is 0.867 bits per heavy atom. The topological polar surface area (TPSA) is 0 Å². The summed E-state index contributed by atoms with van der Waals surface area (Å²) < 4.78 is 0.252. The molecule has 0 aromatic heterocycles. The van der Waals surface area contributed by atoms with Crippen molar-refractivity contribution in [2.75, 3.05) is 0 Å². The monoisotopic (exact) mass is 511 g/mol. The second-order valence-electron chi connectivity index (χ2n) is 8.77. The second-order valence-corrected chi connectivity index (χ2v) is 17.6. The van der Waals surface area contributed by atoms with E-state index in [0.717, 1.165) is 6.42 Å². The first kappa shape index (κ1) is 22.1. The molecule has 3 heteroatoms. The van der Waals surface area contributed by atoms with Crippen molar-refractivity contribution in [3.63, 3.8) is 0 Å². The molecule has 0 nitrogen and oxygen atoms in total. The van der Waals surface area contributed by atoms with E-state index in [9.17, 15) is 0 Å². The molecule has 4 rings (SSSR count). The molecule has 0 aliphatic heterocycles. The predicted molar refractivity (Wildman–Crippen MR) is 129 cm³/mol. The van der Waals surface area contributed by atoms with Crippen molar-refractivity contribution < 1.29 is 19.4 Å². The molecule has 0 bridgehead atoms. The molecular weight excluding hydrogens is 486 g/mol. The number of allylic oxidation sites excluding steroid dienone is 1. The van der Waals surface area contributed by atoms with E-state index in [0.29, 0.717) is 5.92 Å². The normalized spacial score (nSPS) is 15.3. The van der Waals surface area contributed by atoms with Crippen LogP contribution in [0.1, 0.15) is 46.1 Å². The summed E-state index contributed by atoms with van der Waals surface area (Å²) in [7, 11) is 13.4. The minimum atomic E-state index is -2.54. The molecule has 3 aromatic carbocycles. The second kappa shape index (κ2) is 9.16. The molecule has 0 heterocycles. The van der Waals surface area contributed by atoms with Gasteiger partial charge in [-0.15, -0.1) is 0 Å². The molecule has 153 valence electrons. The van der Waals surface area contributed by atoms with Crippen molar-refractivity contribution in [3.8, 4) is 22.3 Å². The summed E-state index contributed by atoms with van der Waals surface area (Å²) in [5, 5.41) is 0. The van der Waals surface area contributed by atoms with Gasteiger partial charge in [0.2, 0.25) is 0 Å². The average molecular weight is 514 g/mol. The van der Waals surface area contributed by atoms with Gasteiger partial charge in [-0.1, -0.05) is 0 Å². The zero-order valence-corrected chi connectivity index (χ0v) is 21.9. The first-order valence-electron chi connectivity index (χ1n) is 10.5. The molecule has 0 saturated carbocycles. The van der Waals surface area contributed by atoms with Gasteiger partial charge in [-0.25, -0.2) is 0 Å². The molecule has 0 amide bonds. The van der Waals surface area contributed by atoms with Gasteiger partial charge in [0, 0.05) is 0 Å². The van der Waals surface area contributed by atoms with Crippen molar-refractivity contribution >= 4 is 23.1 Å². The van der Waals surface area contributed by atoms with Crippen molar-refractivity contribution in [2.45, 2.75) is 37.7 Å². The Hall–Kier alpha value is -1.14. The Morgan fingerprint density at radius 2 is 1.53 bits per heavy atom. The number of aryl methyl sites for hydroxylation is 2.